The van der Waals surface area contributed by atoms with E-state index in [0.29, 0.717) is 13.2 Å². The first kappa shape index (κ1) is 14.3. The van der Waals surface area contributed by atoms with Crippen molar-refractivity contribution in [1.82, 2.24) is 0 Å². The van der Waals surface area contributed by atoms with E-state index < -0.39 is 0 Å². The molecule has 20 heavy (non-hydrogen) atoms. The molecular formula is C17H20NO2+. The van der Waals surface area contributed by atoms with E-state index in [1.165, 1.54) is 5.69 Å². The van der Waals surface area contributed by atoms with Crippen LogP contribution in [0.25, 0.3) is 0 Å². The Hall–Kier alpha value is -2.16. The van der Waals surface area contributed by atoms with Gasteiger partial charge in [0.2, 0.25) is 0 Å². The van der Waals surface area contributed by atoms with Gasteiger partial charge in [-0.2, -0.15) is 4.57 Å². The molecule has 3 heteroatoms. The van der Waals surface area contributed by atoms with Crippen LogP contribution in [0.2, 0.25) is 0 Å². The van der Waals surface area contributed by atoms with Gasteiger partial charge in [0.25, 0.3) is 0 Å². The van der Waals surface area contributed by atoms with Gasteiger partial charge in [0, 0.05) is 24.6 Å². The van der Waals surface area contributed by atoms with Crippen molar-refractivity contribution >= 4 is 5.78 Å². The molecule has 1 aromatic carbocycles. The summed E-state index contributed by atoms with van der Waals surface area (Å²) < 4.78 is 7.80. The highest BCUT2D eigenvalue weighted by Crippen LogP contribution is 2.20. The Labute approximate surface area is 119 Å². The largest absolute Gasteiger partial charge is 0.493 e. The summed E-state index contributed by atoms with van der Waals surface area (Å²) in [7, 11) is 0. The third-order valence-corrected chi connectivity index (χ3v) is 3.28. The summed E-state index contributed by atoms with van der Waals surface area (Å²) in [6, 6.07) is 11.7. The maximum atomic E-state index is 11.5. The minimum Gasteiger partial charge on any atom is -0.493 e. The molecule has 0 aliphatic heterocycles. The predicted octanol–water partition coefficient (Wildman–Crippen LogP) is 2.93. The van der Waals surface area contributed by atoms with E-state index in [9.17, 15) is 4.79 Å². The molecule has 0 saturated heterocycles. The summed E-state index contributed by atoms with van der Waals surface area (Å²) in [6.07, 6.45) is 2.03. The predicted molar refractivity (Wildman–Crippen MR) is 78.1 cm³/mol. The van der Waals surface area contributed by atoms with Crippen molar-refractivity contribution in [2.45, 2.75) is 27.3 Å². The minimum atomic E-state index is 0.0732. The number of nitrogens with zero attached hydrogens (tertiary/aromatic N) is 1. The van der Waals surface area contributed by atoms with Gasteiger partial charge < -0.3 is 4.74 Å². The van der Waals surface area contributed by atoms with Gasteiger partial charge >= 0.3 is 0 Å². The zero-order chi connectivity index (χ0) is 14.5. The fraction of sp³-hybridized carbons (Fsp3) is 0.294. The van der Waals surface area contributed by atoms with Gasteiger partial charge in [0.15, 0.2) is 24.2 Å². The third kappa shape index (κ3) is 3.23. The Bertz CT molecular complexity index is 620. The van der Waals surface area contributed by atoms with Crippen LogP contribution in [0.4, 0.5) is 0 Å². The first-order valence-electron chi connectivity index (χ1n) is 6.83. The van der Waals surface area contributed by atoms with Crippen LogP contribution in [0.3, 0.4) is 0 Å². The summed E-state index contributed by atoms with van der Waals surface area (Å²) in [6.45, 7) is 6.92. The first-order valence-corrected chi connectivity index (χ1v) is 6.83. The highest BCUT2D eigenvalue weighted by Gasteiger charge is 2.13. The number of carbonyl (C=O) groups excluding carboxylic acids is 1. The number of ether oxygens (including phenoxy) is 1. The third-order valence-electron chi connectivity index (χ3n) is 3.28. The summed E-state index contributed by atoms with van der Waals surface area (Å²) >= 11 is 0. The van der Waals surface area contributed by atoms with E-state index in [1.807, 2.05) is 43.5 Å². The number of aromatic nitrogens is 1. The zero-order valence-electron chi connectivity index (χ0n) is 12.2. The van der Waals surface area contributed by atoms with E-state index in [4.69, 9.17) is 4.74 Å². The van der Waals surface area contributed by atoms with E-state index >= 15 is 0 Å². The second-order valence-corrected chi connectivity index (χ2v) is 4.78. The molecule has 0 aliphatic rings. The number of benzene rings is 1. The van der Waals surface area contributed by atoms with Crippen LogP contribution < -0.4 is 9.30 Å². The fourth-order valence-corrected chi connectivity index (χ4v) is 2.14. The number of hydrogen-bond donors (Lipinski definition) is 0. The first-order chi connectivity index (χ1) is 9.61. The molecule has 0 unspecified atom stereocenters. The quantitative estimate of drug-likeness (QED) is 0.617. The van der Waals surface area contributed by atoms with Crippen LogP contribution in [0, 0.1) is 6.92 Å². The van der Waals surface area contributed by atoms with E-state index in [2.05, 4.69) is 17.6 Å². The number of ketones is 1. The van der Waals surface area contributed by atoms with Crippen LogP contribution in [0.1, 0.15) is 35.5 Å². The van der Waals surface area contributed by atoms with Crippen molar-refractivity contribution in [1.29, 1.82) is 0 Å². The summed E-state index contributed by atoms with van der Waals surface area (Å²) in [5, 5.41) is 0. The number of hydrogen-bond acceptors (Lipinski definition) is 2. The van der Waals surface area contributed by atoms with E-state index in [0.717, 1.165) is 16.9 Å². The molecule has 0 fully saturated rings. The molecule has 104 valence electrons. The number of Topliss-reactive ketones (excluding diaryl/α,β-unsaturated/α-hetero) is 1. The van der Waals surface area contributed by atoms with Crippen LogP contribution in [0.15, 0.2) is 42.6 Å². The molecule has 3 nitrogen and oxygen atoms in total. The maximum absolute atomic E-state index is 11.5. The topological polar surface area (TPSA) is 30.2 Å². The van der Waals surface area contributed by atoms with Crippen molar-refractivity contribution in [3.8, 4) is 5.75 Å². The van der Waals surface area contributed by atoms with Crippen LogP contribution in [-0.4, -0.2) is 12.4 Å². The van der Waals surface area contributed by atoms with Crippen LogP contribution in [0.5, 0.6) is 5.75 Å². The number of carbonyl (C=O) groups is 1. The van der Waals surface area contributed by atoms with Crippen molar-refractivity contribution < 1.29 is 14.1 Å². The standard InChI is InChI=1S/C17H20NO2/c1-4-20-17-9-8-15(14(3)19)11-16(17)12-18-10-6-5-7-13(18)2/h5-11H,4,12H2,1-3H3/q+1. The van der Waals surface area contributed by atoms with Gasteiger partial charge in [-0.15, -0.1) is 0 Å². The number of pyridine rings is 1. The van der Waals surface area contributed by atoms with E-state index in [1.54, 1.807) is 6.92 Å². The molecule has 0 atom stereocenters. The normalized spacial score (nSPS) is 10.3. The monoisotopic (exact) mass is 270 g/mol. The fourth-order valence-electron chi connectivity index (χ4n) is 2.14. The molecule has 0 radical (unpaired) electrons. The van der Waals surface area contributed by atoms with Gasteiger partial charge in [-0.05, 0) is 32.0 Å². The lowest BCUT2D eigenvalue weighted by atomic mass is 10.1. The van der Waals surface area contributed by atoms with Crippen molar-refractivity contribution in [3.63, 3.8) is 0 Å². The minimum absolute atomic E-state index is 0.0732. The van der Waals surface area contributed by atoms with E-state index in [-0.39, 0.29) is 5.78 Å². The molecule has 0 spiro atoms. The Morgan fingerprint density at radius 2 is 2.05 bits per heavy atom. The lowest BCUT2D eigenvalue weighted by molar-refractivity contribution is -0.694. The smallest absolute Gasteiger partial charge is 0.178 e. The molecule has 0 bridgehead atoms. The SMILES string of the molecule is CCOc1ccc(C(C)=O)cc1C[n+]1ccccc1C. The van der Waals surface area contributed by atoms with Crippen molar-refractivity contribution in [2.24, 2.45) is 0 Å². The lowest BCUT2D eigenvalue weighted by Crippen LogP contribution is -2.37. The summed E-state index contributed by atoms with van der Waals surface area (Å²) in [5.41, 5.74) is 2.92. The number of rotatable bonds is 5. The molecule has 0 saturated carbocycles. The maximum Gasteiger partial charge on any atom is 0.178 e. The van der Waals surface area contributed by atoms with Crippen molar-refractivity contribution in [3.05, 3.63) is 59.4 Å². The molecule has 0 N–H and O–H groups in total. The highest BCUT2D eigenvalue weighted by molar-refractivity contribution is 5.94. The van der Waals surface area contributed by atoms with Gasteiger partial charge in [0.05, 0.1) is 12.2 Å². The second-order valence-electron chi connectivity index (χ2n) is 4.78. The Morgan fingerprint density at radius 1 is 1.25 bits per heavy atom. The van der Waals surface area contributed by atoms with Gasteiger partial charge in [-0.1, -0.05) is 6.07 Å². The average molecular weight is 270 g/mol. The molecule has 1 aromatic heterocycles. The van der Waals surface area contributed by atoms with Crippen molar-refractivity contribution in [2.75, 3.05) is 6.61 Å². The second kappa shape index (κ2) is 6.33. The summed E-state index contributed by atoms with van der Waals surface area (Å²) in [5.74, 6) is 0.914. The lowest BCUT2D eigenvalue weighted by Gasteiger charge is -2.10. The molecular weight excluding hydrogens is 250 g/mol. The molecule has 2 aromatic rings. The van der Waals surface area contributed by atoms with Crippen LogP contribution in [-0.2, 0) is 6.54 Å². The van der Waals surface area contributed by atoms with Gasteiger partial charge in [-0.3, -0.25) is 4.79 Å². The van der Waals surface area contributed by atoms with Gasteiger partial charge in [0.1, 0.15) is 5.75 Å². The Balaban J connectivity index is 2.39. The highest BCUT2D eigenvalue weighted by atomic mass is 16.5. The number of aryl methyl sites for hydroxylation is 1. The molecule has 2 rings (SSSR count). The van der Waals surface area contributed by atoms with Crippen LogP contribution >= 0.6 is 0 Å². The summed E-state index contributed by atoms with van der Waals surface area (Å²) in [4.78, 5) is 11.5. The Kier molecular flexibility index (Phi) is 4.51. The molecule has 0 amide bonds. The average Bonchev–Trinajstić information content (AvgIpc) is 2.43. The van der Waals surface area contributed by atoms with Gasteiger partial charge in [-0.25, -0.2) is 0 Å². The molecule has 1 heterocycles. The molecule has 0 aliphatic carbocycles. The Morgan fingerprint density at radius 3 is 2.70 bits per heavy atom. The zero-order valence-corrected chi connectivity index (χ0v) is 12.2.